The number of aromatic nitrogens is 3. The van der Waals surface area contributed by atoms with E-state index in [1.807, 2.05) is 4.72 Å². The van der Waals surface area contributed by atoms with E-state index in [0.717, 1.165) is 24.3 Å². The van der Waals surface area contributed by atoms with Crippen molar-refractivity contribution in [2.24, 2.45) is 0 Å². The maximum Gasteiger partial charge on any atom is 0.490 e. The van der Waals surface area contributed by atoms with Crippen LogP contribution in [-0.4, -0.2) is 40.9 Å². The highest BCUT2D eigenvalue weighted by atomic mass is 79.9. The van der Waals surface area contributed by atoms with Crippen LogP contribution in [-0.2, 0) is 14.8 Å². The maximum atomic E-state index is 14.9. The second-order valence-corrected chi connectivity index (χ2v) is 9.62. The van der Waals surface area contributed by atoms with Crippen molar-refractivity contribution in [2.45, 2.75) is 11.1 Å². The number of alkyl halides is 3. The molecule has 8 nitrogen and oxygen atoms in total. The van der Waals surface area contributed by atoms with Crippen LogP contribution >= 0.6 is 15.9 Å². The third kappa shape index (κ3) is 6.81. The Labute approximate surface area is 217 Å². The molecule has 0 saturated carbocycles. The summed E-state index contributed by atoms with van der Waals surface area (Å²) in [5, 5.41) is 14.3. The van der Waals surface area contributed by atoms with Crippen LogP contribution in [0, 0.1) is 29.3 Å². The highest BCUT2D eigenvalue weighted by Crippen LogP contribution is 2.26. The lowest BCUT2D eigenvalue weighted by Crippen LogP contribution is -2.21. The molecular formula is C22H11BrF6N4O4S. The number of carbonyl (C=O) groups is 1. The number of aromatic amines is 1. The number of nitrogens with zero attached hydrogens (tertiary/aromatic N) is 2. The first-order chi connectivity index (χ1) is 17.7. The lowest BCUT2D eigenvalue weighted by molar-refractivity contribution is -0.192. The smallest absolute Gasteiger partial charge is 0.475 e. The molecule has 2 aromatic heterocycles. The quantitative estimate of drug-likeness (QED) is 0.219. The first-order valence-electron chi connectivity index (χ1n) is 9.76. The zero-order valence-electron chi connectivity index (χ0n) is 18.2. The number of aliphatic carboxylic acids is 1. The van der Waals surface area contributed by atoms with Crippen molar-refractivity contribution in [3.63, 3.8) is 0 Å². The van der Waals surface area contributed by atoms with Crippen LogP contribution < -0.4 is 4.72 Å². The van der Waals surface area contributed by atoms with Crippen molar-refractivity contribution in [3.05, 3.63) is 81.8 Å². The minimum Gasteiger partial charge on any atom is -0.475 e. The fraction of sp³-hybridized carbons (Fsp3) is 0.0455. The largest absolute Gasteiger partial charge is 0.490 e. The van der Waals surface area contributed by atoms with Gasteiger partial charge in [0.2, 0.25) is 0 Å². The van der Waals surface area contributed by atoms with Crippen molar-refractivity contribution in [1.82, 2.24) is 15.2 Å². The highest BCUT2D eigenvalue weighted by molar-refractivity contribution is 9.10. The summed E-state index contributed by atoms with van der Waals surface area (Å²) in [4.78, 5) is 12.3. The monoisotopic (exact) mass is 620 g/mol. The maximum absolute atomic E-state index is 14.9. The number of hydrogen-bond acceptors (Lipinski definition) is 5. The molecule has 0 bridgehead atoms. The number of carboxylic acids is 1. The first-order valence-corrected chi connectivity index (χ1v) is 12.0. The zero-order valence-corrected chi connectivity index (χ0v) is 20.6. The van der Waals surface area contributed by atoms with Crippen molar-refractivity contribution < 1.29 is 44.7 Å². The Morgan fingerprint density at radius 3 is 2.34 bits per heavy atom. The van der Waals surface area contributed by atoms with E-state index in [1.165, 1.54) is 18.5 Å². The van der Waals surface area contributed by atoms with E-state index in [4.69, 9.17) is 9.90 Å². The molecule has 0 radical (unpaired) electrons. The Morgan fingerprint density at radius 1 is 1.03 bits per heavy atom. The number of hydrogen-bond donors (Lipinski definition) is 3. The Morgan fingerprint density at radius 2 is 1.68 bits per heavy atom. The van der Waals surface area contributed by atoms with E-state index >= 15 is 0 Å². The van der Waals surface area contributed by atoms with Gasteiger partial charge in [0.15, 0.2) is 11.5 Å². The van der Waals surface area contributed by atoms with Crippen molar-refractivity contribution >= 4 is 48.6 Å². The summed E-state index contributed by atoms with van der Waals surface area (Å²) in [6.07, 6.45) is -2.17. The molecule has 0 unspecified atom stereocenters. The lowest BCUT2D eigenvalue weighted by Gasteiger charge is -2.11. The molecule has 198 valence electrons. The summed E-state index contributed by atoms with van der Waals surface area (Å²) < 4.78 is 102. The number of fused-ring (bicyclic) bond motifs is 1. The fourth-order valence-electron chi connectivity index (χ4n) is 2.67. The van der Waals surface area contributed by atoms with E-state index in [9.17, 15) is 34.8 Å². The Kier molecular flexibility index (Phi) is 8.32. The average molecular weight is 621 g/mol. The third-order valence-electron chi connectivity index (χ3n) is 4.38. The number of rotatable bonds is 3. The van der Waals surface area contributed by atoms with Gasteiger partial charge in [-0.15, -0.1) is 0 Å². The van der Waals surface area contributed by atoms with E-state index in [-0.39, 0.29) is 0 Å². The number of halogens is 7. The molecule has 16 heteroatoms. The van der Waals surface area contributed by atoms with Crippen molar-refractivity contribution in [2.75, 3.05) is 4.72 Å². The summed E-state index contributed by atoms with van der Waals surface area (Å²) in [5.41, 5.74) is -0.329. The third-order valence-corrected chi connectivity index (χ3v) is 6.26. The van der Waals surface area contributed by atoms with Crippen molar-refractivity contribution in [1.29, 1.82) is 0 Å². The van der Waals surface area contributed by atoms with Crippen LogP contribution in [0.4, 0.5) is 32.0 Å². The summed E-state index contributed by atoms with van der Waals surface area (Å²) in [6, 6.07) is 6.66. The number of benzene rings is 2. The summed E-state index contributed by atoms with van der Waals surface area (Å²) >= 11 is 3.05. The number of sulfonamides is 1. The molecule has 0 aliphatic carbocycles. The van der Waals surface area contributed by atoms with Crippen molar-refractivity contribution in [3.8, 4) is 11.8 Å². The molecule has 0 aliphatic rings. The molecule has 0 aliphatic heterocycles. The van der Waals surface area contributed by atoms with Gasteiger partial charge in [-0.1, -0.05) is 27.8 Å². The Hall–Kier alpha value is -4.10. The van der Waals surface area contributed by atoms with Gasteiger partial charge in [0.25, 0.3) is 10.0 Å². The molecule has 0 amide bonds. The SMILES string of the molecule is O=C(O)C(F)(F)F.O=S(=O)(Nc1ccc(F)c(C#Cc2cnc3[nH]ncc3c2)c1F)c1cc(Br)ccc1F. The van der Waals surface area contributed by atoms with Gasteiger partial charge in [-0.3, -0.25) is 9.82 Å². The molecular weight excluding hydrogens is 610 g/mol. The molecule has 4 aromatic rings. The molecule has 0 spiro atoms. The van der Waals surface area contributed by atoms with Gasteiger partial charge in [-0.25, -0.2) is 31.4 Å². The Balaban J connectivity index is 0.000000505. The molecule has 0 saturated heterocycles. The average Bonchev–Trinajstić information content (AvgIpc) is 3.30. The second-order valence-electron chi connectivity index (χ2n) is 7.05. The Bertz CT molecular complexity index is 1700. The first kappa shape index (κ1) is 28.5. The van der Waals surface area contributed by atoms with Gasteiger partial charge in [0.1, 0.15) is 16.5 Å². The molecule has 2 heterocycles. The van der Waals surface area contributed by atoms with Crippen LogP contribution in [0.5, 0.6) is 0 Å². The molecule has 0 atom stereocenters. The van der Waals surface area contributed by atoms with Crippen LogP contribution in [0.15, 0.2) is 58.2 Å². The molecule has 2 aromatic carbocycles. The van der Waals surface area contributed by atoms with Gasteiger partial charge in [0.05, 0.1) is 17.4 Å². The minimum atomic E-state index is -5.08. The van der Waals surface area contributed by atoms with Gasteiger partial charge in [0, 0.05) is 21.6 Å². The lowest BCUT2D eigenvalue weighted by atomic mass is 10.1. The van der Waals surface area contributed by atoms with E-state index in [0.29, 0.717) is 21.1 Å². The van der Waals surface area contributed by atoms with Gasteiger partial charge in [-0.05, 0) is 36.4 Å². The topological polar surface area (TPSA) is 125 Å². The normalized spacial score (nSPS) is 11.2. The van der Waals surface area contributed by atoms with Gasteiger partial charge < -0.3 is 5.11 Å². The minimum absolute atomic E-state index is 0.309. The standard InChI is InChI=1S/C20H10BrF3N4O2S.C2HF3O2/c21-13-2-4-16(23)18(8-13)31(29,30)28-17-6-5-15(22)14(19(17)24)3-1-11-7-12-10-26-27-20(12)25-9-11;3-2(4,5)1(6)7/h2,4-10,28H,(H,25,26,27);(H,6,7). The fourth-order valence-corrected chi connectivity index (χ4v) is 4.34. The van der Waals surface area contributed by atoms with E-state index in [1.54, 1.807) is 6.07 Å². The molecule has 3 N–H and O–H groups in total. The van der Waals surface area contributed by atoms with Crippen LogP contribution in [0.25, 0.3) is 11.0 Å². The number of H-pyrrole nitrogens is 1. The number of pyridine rings is 1. The number of anilines is 1. The molecule has 4 rings (SSSR count). The van der Waals surface area contributed by atoms with E-state index in [2.05, 4.69) is 43.0 Å². The summed E-state index contributed by atoms with van der Waals surface area (Å²) in [5.74, 6) is -1.06. The number of nitrogens with one attached hydrogen (secondary N) is 2. The van der Waals surface area contributed by atoms with Crippen LogP contribution in [0.3, 0.4) is 0 Å². The molecule has 0 fully saturated rings. The molecule has 38 heavy (non-hydrogen) atoms. The zero-order chi connectivity index (χ0) is 28.3. The van der Waals surface area contributed by atoms with Gasteiger partial charge in [-0.2, -0.15) is 18.3 Å². The predicted octanol–water partition coefficient (Wildman–Crippen LogP) is 4.97. The van der Waals surface area contributed by atoms with Crippen LogP contribution in [0.1, 0.15) is 11.1 Å². The number of carboxylic acid groups (broad SMARTS) is 1. The van der Waals surface area contributed by atoms with E-state index < -0.39 is 55.8 Å². The second kappa shape index (κ2) is 11.1. The predicted molar refractivity (Wildman–Crippen MR) is 125 cm³/mol. The summed E-state index contributed by atoms with van der Waals surface area (Å²) in [6.45, 7) is 0. The summed E-state index contributed by atoms with van der Waals surface area (Å²) in [7, 11) is -4.49. The highest BCUT2D eigenvalue weighted by Gasteiger charge is 2.38. The van der Waals surface area contributed by atoms with Crippen LogP contribution in [0.2, 0.25) is 0 Å². The van der Waals surface area contributed by atoms with Gasteiger partial charge >= 0.3 is 12.1 Å².